The van der Waals surface area contributed by atoms with Crippen LogP contribution in [0.4, 0.5) is 17.2 Å². The number of rotatable bonds is 9. The van der Waals surface area contributed by atoms with Gasteiger partial charge in [0.05, 0.1) is 41.6 Å². The van der Waals surface area contributed by atoms with Gasteiger partial charge < -0.3 is 25.6 Å². The van der Waals surface area contributed by atoms with Crippen molar-refractivity contribution in [1.29, 1.82) is 0 Å². The highest BCUT2D eigenvalue weighted by atomic mass is 32.2. The molecule has 1 aliphatic carbocycles. The maximum Gasteiger partial charge on any atom is 0.271 e. The van der Waals surface area contributed by atoms with E-state index in [1.54, 1.807) is 22.5 Å². The fraction of sp³-hybridized carbons (Fsp3) is 0.364. The van der Waals surface area contributed by atoms with Gasteiger partial charge in [-0.1, -0.05) is 11.2 Å². The molecule has 4 N–H and O–H groups in total. The van der Waals surface area contributed by atoms with E-state index in [0.29, 0.717) is 41.7 Å². The number of aromatic nitrogens is 4. The average molecular weight is 513 g/mol. The average Bonchev–Trinajstić information content (AvgIpc) is 3.49. The van der Waals surface area contributed by atoms with Crippen LogP contribution in [0.3, 0.4) is 0 Å². The second-order valence-electron chi connectivity index (χ2n) is 8.39. The Hall–Kier alpha value is -3.91. The van der Waals surface area contributed by atoms with Crippen molar-refractivity contribution in [2.75, 3.05) is 30.0 Å². The first-order chi connectivity index (χ1) is 17.4. The molecule has 14 heteroatoms. The van der Waals surface area contributed by atoms with E-state index in [2.05, 4.69) is 31.0 Å². The maximum atomic E-state index is 12.1. The van der Waals surface area contributed by atoms with Crippen molar-refractivity contribution in [3.8, 4) is 17.1 Å². The maximum absolute atomic E-state index is 12.1. The number of methoxy groups -OCH3 is 1. The number of benzene rings is 1. The number of hydrogen-bond donors (Lipinski definition) is 3. The standard InChI is InChI=1S/C22H24N8O5S/c1-34-19-13(21-26-17(35-29-21)11-30-8-3-9-36(30)33)4-2-5-14(19)24-15-10-16(25-22(32)12-6-7-12)27-28-18(15)20(23)31/h2,4-5,10,12H,3,6-9,11H2,1H3,(H2,23,31)(H2,24,25,27,32). The summed E-state index contributed by atoms with van der Waals surface area (Å²) in [6, 6.07) is 6.72. The zero-order chi connectivity index (χ0) is 25.2. The Labute approximate surface area is 208 Å². The van der Waals surface area contributed by atoms with Gasteiger partial charge in [0.25, 0.3) is 5.91 Å². The number of nitrogens with one attached hydrogen (secondary N) is 2. The second kappa shape index (κ2) is 9.99. The first-order valence-electron chi connectivity index (χ1n) is 11.3. The Bertz CT molecular complexity index is 1340. The van der Waals surface area contributed by atoms with Gasteiger partial charge in [0, 0.05) is 24.3 Å². The Morgan fingerprint density at radius 1 is 1.28 bits per heavy atom. The van der Waals surface area contributed by atoms with E-state index in [4.69, 9.17) is 15.0 Å². The fourth-order valence-electron chi connectivity index (χ4n) is 3.81. The van der Waals surface area contributed by atoms with E-state index in [1.165, 1.54) is 13.2 Å². The summed E-state index contributed by atoms with van der Waals surface area (Å²) in [4.78, 5) is 28.6. The molecule has 1 saturated carbocycles. The first kappa shape index (κ1) is 23.8. The molecule has 2 amide bonds. The summed E-state index contributed by atoms with van der Waals surface area (Å²) in [5, 5.41) is 17.7. The topological polar surface area (TPSA) is 178 Å². The Morgan fingerprint density at radius 3 is 2.81 bits per heavy atom. The van der Waals surface area contributed by atoms with Crippen LogP contribution in [0.1, 0.15) is 35.6 Å². The molecular weight excluding hydrogens is 488 g/mol. The normalized spacial score (nSPS) is 17.6. The molecule has 5 rings (SSSR count). The minimum atomic E-state index is -1.04. The summed E-state index contributed by atoms with van der Waals surface area (Å²) >= 11 is 0. The van der Waals surface area contributed by atoms with Crippen molar-refractivity contribution >= 4 is 40.0 Å². The lowest BCUT2D eigenvalue weighted by atomic mass is 10.1. The van der Waals surface area contributed by atoms with Crippen molar-refractivity contribution < 1.29 is 23.1 Å². The molecule has 3 heterocycles. The molecule has 0 spiro atoms. The summed E-state index contributed by atoms with van der Waals surface area (Å²) in [6.07, 6.45) is 2.53. The van der Waals surface area contributed by atoms with E-state index in [9.17, 15) is 13.8 Å². The van der Waals surface area contributed by atoms with Crippen LogP contribution in [0.15, 0.2) is 28.8 Å². The van der Waals surface area contributed by atoms with E-state index in [0.717, 1.165) is 19.3 Å². The molecule has 1 saturated heterocycles. The third kappa shape index (κ3) is 5.04. The third-order valence-electron chi connectivity index (χ3n) is 5.75. The number of hydrogen-bond acceptors (Lipinski definition) is 10. The van der Waals surface area contributed by atoms with Gasteiger partial charge in [0.2, 0.25) is 17.6 Å². The molecule has 1 atom stereocenters. The van der Waals surface area contributed by atoms with Crippen molar-refractivity contribution in [3.63, 3.8) is 0 Å². The highest BCUT2D eigenvalue weighted by molar-refractivity contribution is 7.82. The highest BCUT2D eigenvalue weighted by Gasteiger charge is 2.30. The summed E-state index contributed by atoms with van der Waals surface area (Å²) < 4.78 is 24.8. The van der Waals surface area contributed by atoms with Crippen LogP contribution < -0.4 is 21.1 Å². The lowest BCUT2D eigenvalue weighted by Gasteiger charge is -2.15. The van der Waals surface area contributed by atoms with Gasteiger partial charge in [0.15, 0.2) is 17.3 Å². The minimum absolute atomic E-state index is 0.0267. The lowest BCUT2D eigenvalue weighted by Crippen LogP contribution is -2.20. The van der Waals surface area contributed by atoms with Crippen LogP contribution >= 0.6 is 0 Å². The number of amides is 2. The van der Waals surface area contributed by atoms with Crippen LogP contribution in [-0.2, 0) is 22.3 Å². The van der Waals surface area contributed by atoms with Crippen molar-refractivity contribution in [1.82, 2.24) is 24.6 Å². The van der Waals surface area contributed by atoms with Crippen LogP contribution in [0.5, 0.6) is 5.75 Å². The number of carbonyl (C=O) groups is 2. The smallest absolute Gasteiger partial charge is 0.271 e. The van der Waals surface area contributed by atoms with Crippen LogP contribution in [-0.4, -0.2) is 60.1 Å². The van der Waals surface area contributed by atoms with Crippen molar-refractivity contribution in [2.24, 2.45) is 11.7 Å². The number of carbonyl (C=O) groups excluding carboxylic acids is 2. The Kier molecular flexibility index (Phi) is 6.61. The predicted molar refractivity (Wildman–Crippen MR) is 130 cm³/mol. The predicted octanol–water partition coefficient (Wildman–Crippen LogP) is 1.60. The number of para-hydroxylation sites is 1. The fourth-order valence-corrected chi connectivity index (χ4v) is 5.03. The number of nitrogens with zero attached hydrogens (tertiary/aromatic N) is 5. The van der Waals surface area contributed by atoms with Crippen LogP contribution in [0.2, 0.25) is 0 Å². The van der Waals surface area contributed by atoms with Gasteiger partial charge in [-0.15, -0.1) is 10.2 Å². The molecule has 2 fully saturated rings. The quantitative estimate of drug-likeness (QED) is 0.381. The van der Waals surface area contributed by atoms with E-state index in [-0.39, 0.29) is 34.8 Å². The van der Waals surface area contributed by atoms with E-state index in [1.807, 2.05) is 0 Å². The summed E-state index contributed by atoms with van der Waals surface area (Å²) in [7, 11) is 0.441. The van der Waals surface area contributed by atoms with Gasteiger partial charge in [-0.3, -0.25) is 9.59 Å². The van der Waals surface area contributed by atoms with Crippen LogP contribution in [0.25, 0.3) is 11.4 Å². The Balaban J connectivity index is 1.42. The zero-order valence-corrected chi connectivity index (χ0v) is 20.2. The minimum Gasteiger partial charge on any atom is -0.494 e. The molecule has 36 heavy (non-hydrogen) atoms. The second-order valence-corrected chi connectivity index (χ2v) is 9.95. The highest BCUT2D eigenvalue weighted by Crippen LogP contribution is 2.37. The van der Waals surface area contributed by atoms with E-state index >= 15 is 0 Å². The summed E-state index contributed by atoms with van der Waals surface area (Å²) in [6.45, 7) is 0.998. The first-order valence-corrected chi connectivity index (χ1v) is 12.6. The Morgan fingerprint density at radius 2 is 2.11 bits per heavy atom. The molecule has 2 aromatic heterocycles. The van der Waals surface area contributed by atoms with Gasteiger partial charge in [-0.05, 0) is 31.4 Å². The number of nitrogens with two attached hydrogens (primary N) is 1. The molecule has 1 aliphatic heterocycles. The third-order valence-corrected chi connectivity index (χ3v) is 7.28. The molecule has 13 nitrogen and oxygen atoms in total. The molecule has 3 aromatic rings. The van der Waals surface area contributed by atoms with Gasteiger partial charge in [-0.2, -0.15) is 4.98 Å². The van der Waals surface area contributed by atoms with Gasteiger partial charge in [0.1, 0.15) is 0 Å². The summed E-state index contributed by atoms with van der Waals surface area (Å²) in [5.41, 5.74) is 6.63. The van der Waals surface area contributed by atoms with Crippen molar-refractivity contribution in [2.45, 2.75) is 25.8 Å². The molecule has 1 unspecified atom stereocenters. The zero-order valence-electron chi connectivity index (χ0n) is 19.4. The lowest BCUT2D eigenvalue weighted by molar-refractivity contribution is -0.117. The molecule has 1 aromatic carbocycles. The number of primary amides is 1. The summed E-state index contributed by atoms with van der Waals surface area (Å²) in [5.74, 6) is 0.866. The van der Waals surface area contributed by atoms with Gasteiger partial charge in [-0.25, -0.2) is 8.51 Å². The molecule has 0 radical (unpaired) electrons. The molecule has 0 bridgehead atoms. The number of ether oxygens (including phenoxy) is 1. The number of anilines is 3. The SMILES string of the molecule is COc1c(Nc2cc(NC(=O)C3CC3)nnc2C(N)=O)cccc1-c1noc(CN2CCCS2=O)n1. The van der Waals surface area contributed by atoms with Gasteiger partial charge >= 0.3 is 0 Å². The molecular formula is C22H24N8O5S. The van der Waals surface area contributed by atoms with E-state index < -0.39 is 16.9 Å². The van der Waals surface area contributed by atoms with Crippen LogP contribution in [0, 0.1) is 5.92 Å². The largest absolute Gasteiger partial charge is 0.494 e. The monoisotopic (exact) mass is 512 g/mol. The molecule has 2 aliphatic rings. The van der Waals surface area contributed by atoms with Crippen molar-refractivity contribution in [3.05, 3.63) is 35.9 Å². The molecule has 188 valence electrons.